The highest BCUT2D eigenvalue weighted by Gasteiger charge is 2.54. The van der Waals surface area contributed by atoms with Gasteiger partial charge in [-0.15, -0.1) is 0 Å². The average Bonchev–Trinajstić information content (AvgIpc) is 3.61. The highest BCUT2D eigenvalue weighted by molar-refractivity contribution is 9.10. The number of nitrogens with zero attached hydrogens (tertiary/aromatic N) is 1. The first kappa shape index (κ1) is 29.6. The van der Waals surface area contributed by atoms with E-state index in [0.29, 0.717) is 31.1 Å². The van der Waals surface area contributed by atoms with Crippen LogP contribution in [0.1, 0.15) is 40.3 Å². The maximum Gasteiger partial charge on any atom is 0.252 e. The molecule has 8 heteroatoms. The van der Waals surface area contributed by atoms with Gasteiger partial charge in [-0.05, 0) is 72.0 Å². The van der Waals surface area contributed by atoms with E-state index in [2.05, 4.69) is 49.3 Å². The van der Waals surface area contributed by atoms with Gasteiger partial charge >= 0.3 is 0 Å². The number of hydrogen-bond donors (Lipinski definition) is 2. The van der Waals surface area contributed by atoms with Gasteiger partial charge in [-0.1, -0.05) is 86.5 Å². The van der Waals surface area contributed by atoms with Crippen molar-refractivity contribution in [3.8, 4) is 5.75 Å². The molecule has 0 spiro atoms. The first-order valence-electron chi connectivity index (χ1n) is 14.4. The molecule has 0 saturated heterocycles. The van der Waals surface area contributed by atoms with E-state index in [4.69, 9.17) is 19.6 Å². The van der Waals surface area contributed by atoms with E-state index < -0.39 is 11.6 Å². The molecule has 0 saturated carbocycles. The van der Waals surface area contributed by atoms with Crippen molar-refractivity contribution < 1.29 is 19.4 Å². The minimum atomic E-state index is -1.27. The molecule has 0 fully saturated rings. The molecule has 2 N–H and O–H groups in total. The van der Waals surface area contributed by atoms with Gasteiger partial charge in [0, 0.05) is 45.6 Å². The normalized spacial score (nSPS) is 19.4. The van der Waals surface area contributed by atoms with Crippen LogP contribution < -0.4 is 10.1 Å². The van der Waals surface area contributed by atoms with E-state index in [-0.39, 0.29) is 18.6 Å². The second-order valence-electron chi connectivity index (χ2n) is 11.0. The van der Waals surface area contributed by atoms with Crippen molar-refractivity contribution in [1.82, 2.24) is 5.32 Å². The quantitative estimate of drug-likeness (QED) is 0.179. The molecular formula is C35H32Br2N2O4. The summed E-state index contributed by atoms with van der Waals surface area (Å²) in [5.41, 5.74) is 3.86. The van der Waals surface area contributed by atoms with E-state index in [1.54, 1.807) is 0 Å². The Kier molecular flexibility index (Phi) is 8.98. The van der Waals surface area contributed by atoms with Crippen LogP contribution in [0.3, 0.4) is 0 Å². The third-order valence-corrected chi connectivity index (χ3v) is 9.24. The molecule has 6 rings (SSSR count). The van der Waals surface area contributed by atoms with Crippen LogP contribution in [0.15, 0.2) is 111 Å². The van der Waals surface area contributed by atoms with Crippen LogP contribution in [0.5, 0.6) is 5.75 Å². The smallest absolute Gasteiger partial charge is 0.252 e. The van der Waals surface area contributed by atoms with E-state index in [1.807, 2.05) is 84.9 Å². The first-order valence-corrected chi connectivity index (χ1v) is 16.0. The Labute approximate surface area is 268 Å². The summed E-state index contributed by atoms with van der Waals surface area (Å²) in [5.74, 6) is 0.940. The van der Waals surface area contributed by atoms with Crippen LogP contribution >= 0.6 is 31.9 Å². The molecule has 220 valence electrons. The monoisotopic (exact) mass is 702 g/mol. The fraction of sp³-hybridized carbons (Fsp3) is 0.257. The Morgan fingerprint density at radius 2 is 1.60 bits per heavy atom. The molecule has 2 atom stereocenters. The van der Waals surface area contributed by atoms with Crippen LogP contribution in [-0.4, -0.2) is 41.7 Å². The lowest BCUT2D eigenvalue weighted by Crippen LogP contribution is -2.53. The first-order chi connectivity index (χ1) is 20.9. The fourth-order valence-corrected chi connectivity index (χ4v) is 6.59. The molecule has 1 aliphatic carbocycles. The summed E-state index contributed by atoms with van der Waals surface area (Å²) in [7, 11) is 0. The standard InChI is InChI=1S/C35H32Br2N2O4/c36-27-14-10-23(11-15-27)22-35(34(41)38-28-20-25-6-1-2-7-26(25)21-28)32(30-8-3-4-9-31(30)37)43-33(39-35)24-12-16-29(17-13-24)42-19-5-18-40/h1-4,6-17,28,32,40H,5,18-22H2,(H,38,41)/t32-,35-/m1/s1. The van der Waals surface area contributed by atoms with Gasteiger partial charge < -0.3 is 19.9 Å². The molecule has 0 aromatic heterocycles. The fourth-order valence-electron chi connectivity index (χ4n) is 5.83. The van der Waals surface area contributed by atoms with E-state index in [9.17, 15) is 4.79 Å². The largest absolute Gasteiger partial charge is 0.494 e. The van der Waals surface area contributed by atoms with Gasteiger partial charge in [0.05, 0.1) is 6.61 Å². The van der Waals surface area contributed by atoms with Crippen molar-refractivity contribution in [1.29, 1.82) is 0 Å². The number of aliphatic imine (C=N–C) groups is 1. The summed E-state index contributed by atoms with van der Waals surface area (Å²) in [6.45, 7) is 0.507. The molecule has 0 radical (unpaired) electrons. The number of benzene rings is 4. The number of nitrogens with one attached hydrogen (secondary N) is 1. The Balaban J connectivity index is 1.40. The highest BCUT2D eigenvalue weighted by Crippen LogP contribution is 2.45. The van der Waals surface area contributed by atoms with Gasteiger partial charge in [0.1, 0.15) is 5.75 Å². The zero-order valence-corrected chi connectivity index (χ0v) is 26.7. The van der Waals surface area contributed by atoms with Crippen molar-refractivity contribution in [2.75, 3.05) is 13.2 Å². The lowest BCUT2D eigenvalue weighted by Gasteiger charge is -2.32. The van der Waals surface area contributed by atoms with Crippen LogP contribution in [-0.2, 0) is 28.8 Å². The third-order valence-electron chi connectivity index (χ3n) is 7.99. The SMILES string of the molecule is O=C(NC1Cc2ccccc2C1)[C@]1(Cc2ccc(Br)cc2)N=C(c2ccc(OCCCO)cc2)O[C@@H]1c1ccccc1Br. The molecule has 1 heterocycles. The number of hydrogen-bond acceptors (Lipinski definition) is 5. The number of aliphatic hydroxyl groups is 1. The topological polar surface area (TPSA) is 80.2 Å². The molecule has 1 amide bonds. The predicted molar refractivity (Wildman–Crippen MR) is 175 cm³/mol. The average molecular weight is 704 g/mol. The molecule has 43 heavy (non-hydrogen) atoms. The van der Waals surface area contributed by atoms with Gasteiger partial charge in [-0.3, -0.25) is 4.79 Å². The van der Waals surface area contributed by atoms with E-state index >= 15 is 0 Å². The number of carbonyl (C=O) groups is 1. The predicted octanol–water partition coefficient (Wildman–Crippen LogP) is 6.76. The molecular weight excluding hydrogens is 672 g/mol. The summed E-state index contributed by atoms with van der Waals surface area (Å²) in [4.78, 5) is 19.8. The molecule has 0 unspecified atom stereocenters. The minimum Gasteiger partial charge on any atom is -0.494 e. The van der Waals surface area contributed by atoms with Crippen molar-refractivity contribution in [3.05, 3.63) is 134 Å². The molecule has 4 aromatic carbocycles. The summed E-state index contributed by atoms with van der Waals surface area (Å²) < 4.78 is 14.2. The molecule has 1 aliphatic heterocycles. The maximum atomic E-state index is 14.7. The zero-order valence-electron chi connectivity index (χ0n) is 23.5. The van der Waals surface area contributed by atoms with Crippen molar-refractivity contribution in [2.24, 2.45) is 4.99 Å². The van der Waals surface area contributed by atoms with Gasteiger partial charge in [0.25, 0.3) is 5.91 Å². The van der Waals surface area contributed by atoms with Gasteiger partial charge in [0.15, 0.2) is 11.6 Å². The number of fused-ring (bicyclic) bond motifs is 1. The van der Waals surface area contributed by atoms with Crippen LogP contribution in [0.2, 0.25) is 0 Å². The molecule has 2 aliphatic rings. The Morgan fingerprint density at radius 1 is 0.930 bits per heavy atom. The van der Waals surface area contributed by atoms with Crippen LogP contribution in [0.4, 0.5) is 0 Å². The van der Waals surface area contributed by atoms with Gasteiger partial charge in [-0.2, -0.15) is 0 Å². The number of ether oxygens (including phenoxy) is 2. The second-order valence-corrected chi connectivity index (χ2v) is 12.7. The second kappa shape index (κ2) is 13.0. The highest BCUT2D eigenvalue weighted by atomic mass is 79.9. The minimum absolute atomic E-state index is 0.0267. The summed E-state index contributed by atoms with van der Waals surface area (Å²) >= 11 is 7.26. The maximum absolute atomic E-state index is 14.7. The molecule has 6 nitrogen and oxygen atoms in total. The number of carbonyl (C=O) groups excluding carboxylic acids is 1. The summed E-state index contributed by atoms with van der Waals surface area (Å²) in [6, 6.07) is 31.7. The van der Waals surface area contributed by atoms with E-state index in [0.717, 1.165) is 38.5 Å². The Hall–Kier alpha value is -3.46. The Bertz CT molecular complexity index is 1600. The van der Waals surface area contributed by atoms with Gasteiger partial charge in [-0.25, -0.2) is 4.99 Å². The van der Waals surface area contributed by atoms with Crippen molar-refractivity contribution >= 4 is 43.7 Å². The summed E-state index contributed by atoms with van der Waals surface area (Å²) in [5, 5.41) is 12.4. The number of halogens is 2. The van der Waals surface area contributed by atoms with Crippen molar-refractivity contribution in [3.63, 3.8) is 0 Å². The zero-order chi connectivity index (χ0) is 29.8. The summed E-state index contributed by atoms with van der Waals surface area (Å²) in [6.07, 6.45) is 1.80. The Morgan fingerprint density at radius 3 is 2.28 bits per heavy atom. The lowest BCUT2D eigenvalue weighted by atomic mass is 9.81. The lowest BCUT2D eigenvalue weighted by molar-refractivity contribution is -0.129. The van der Waals surface area contributed by atoms with Gasteiger partial charge in [0.2, 0.25) is 5.90 Å². The van der Waals surface area contributed by atoms with Crippen LogP contribution in [0.25, 0.3) is 0 Å². The number of amides is 1. The van der Waals surface area contributed by atoms with Crippen LogP contribution in [0, 0.1) is 0 Å². The van der Waals surface area contributed by atoms with E-state index in [1.165, 1.54) is 11.1 Å². The molecule has 4 aromatic rings. The number of rotatable bonds is 10. The molecule has 0 bridgehead atoms. The third kappa shape index (κ3) is 6.42. The number of aliphatic hydroxyl groups excluding tert-OH is 1. The van der Waals surface area contributed by atoms with Crippen molar-refractivity contribution in [2.45, 2.75) is 43.4 Å².